The van der Waals surface area contributed by atoms with Gasteiger partial charge in [0.1, 0.15) is 0 Å². The Morgan fingerprint density at radius 1 is 1.33 bits per heavy atom. The molecule has 2 unspecified atom stereocenters. The van der Waals surface area contributed by atoms with Gasteiger partial charge < -0.3 is 19.3 Å². The van der Waals surface area contributed by atoms with Crippen molar-refractivity contribution in [2.75, 3.05) is 39.5 Å². The molecule has 108 valence electrons. The third-order valence-corrected chi connectivity index (χ3v) is 3.20. The normalized spacial score (nSPS) is 25.8. The summed E-state index contributed by atoms with van der Waals surface area (Å²) >= 11 is 0. The summed E-state index contributed by atoms with van der Waals surface area (Å²) in [6.07, 6.45) is 0.672. The molecule has 1 heterocycles. The van der Waals surface area contributed by atoms with Gasteiger partial charge in [0.2, 0.25) is 0 Å². The predicted octanol–water partition coefficient (Wildman–Crippen LogP) is 0.857. The number of morpholine rings is 1. The first-order valence-corrected chi connectivity index (χ1v) is 6.90. The molecule has 0 aromatic carbocycles. The Bertz CT molecular complexity index is 209. The van der Waals surface area contributed by atoms with Crippen molar-refractivity contribution in [2.24, 2.45) is 0 Å². The van der Waals surface area contributed by atoms with Crippen LogP contribution >= 0.6 is 0 Å². The van der Waals surface area contributed by atoms with E-state index in [1.54, 1.807) is 0 Å². The van der Waals surface area contributed by atoms with Crippen LogP contribution in [0.15, 0.2) is 0 Å². The fraction of sp³-hybridized carbons (Fsp3) is 1.00. The summed E-state index contributed by atoms with van der Waals surface area (Å²) in [5, 5.41) is 9.14. The first kappa shape index (κ1) is 15.9. The van der Waals surface area contributed by atoms with Gasteiger partial charge in [-0.2, -0.15) is 0 Å². The van der Waals surface area contributed by atoms with E-state index in [1.165, 1.54) is 0 Å². The fourth-order valence-corrected chi connectivity index (χ4v) is 2.15. The van der Waals surface area contributed by atoms with Crippen LogP contribution in [0.4, 0.5) is 0 Å². The molecule has 1 aliphatic rings. The van der Waals surface area contributed by atoms with Gasteiger partial charge in [0.25, 0.3) is 0 Å². The maximum Gasteiger partial charge on any atom is 0.158 e. The molecule has 2 atom stereocenters. The lowest BCUT2D eigenvalue weighted by atomic mass is 10.2. The van der Waals surface area contributed by atoms with E-state index in [0.29, 0.717) is 25.9 Å². The Morgan fingerprint density at radius 3 is 2.56 bits per heavy atom. The second kappa shape index (κ2) is 8.82. The number of hydrogen-bond acceptors (Lipinski definition) is 5. The lowest BCUT2D eigenvalue weighted by Gasteiger charge is -2.37. The van der Waals surface area contributed by atoms with E-state index in [1.807, 2.05) is 13.8 Å². The highest BCUT2D eigenvalue weighted by Crippen LogP contribution is 2.13. The summed E-state index contributed by atoms with van der Waals surface area (Å²) < 4.78 is 16.6. The zero-order chi connectivity index (χ0) is 13.4. The summed E-state index contributed by atoms with van der Waals surface area (Å²) in [7, 11) is 0. The monoisotopic (exact) mass is 261 g/mol. The smallest absolute Gasteiger partial charge is 0.158 e. The van der Waals surface area contributed by atoms with Crippen molar-refractivity contribution >= 4 is 0 Å². The largest absolute Gasteiger partial charge is 0.394 e. The van der Waals surface area contributed by atoms with Crippen LogP contribution in [0.3, 0.4) is 0 Å². The molecule has 1 fully saturated rings. The average molecular weight is 261 g/mol. The van der Waals surface area contributed by atoms with Gasteiger partial charge in [-0.3, -0.25) is 4.90 Å². The average Bonchev–Trinajstić information content (AvgIpc) is 2.38. The van der Waals surface area contributed by atoms with Gasteiger partial charge in [0.15, 0.2) is 6.29 Å². The van der Waals surface area contributed by atoms with Gasteiger partial charge in [-0.25, -0.2) is 0 Å². The first-order chi connectivity index (χ1) is 8.71. The van der Waals surface area contributed by atoms with E-state index in [4.69, 9.17) is 19.3 Å². The Kier molecular flexibility index (Phi) is 7.77. The molecule has 5 nitrogen and oxygen atoms in total. The molecular weight excluding hydrogens is 234 g/mol. The maximum absolute atomic E-state index is 9.14. The van der Waals surface area contributed by atoms with Crippen molar-refractivity contribution in [3.63, 3.8) is 0 Å². The van der Waals surface area contributed by atoms with Crippen LogP contribution in [0.5, 0.6) is 0 Å². The third kappa shape index (κ3) is 5.20. The van der Waals surface area contributed by atoms with Crippen molar-refractivity contribution in [3.8, 4) is 0 Å². The van der Waals surface area contributed by atoms with E-state index < -0.39 is 0 Å². The van der Waals surface area contributed by atoms with Crippen molar-refractivity contribution in [2.45, 2.75) is 45.6 Å². The van der Waals surface area contributed by atoms with Crippen LogP contribution in [0, 0.1) is 0 Å². The summed E-state index contributed by atoms with van der Waals surface area (Å²) in [6.45, 7) is 9.89. The van der Waals surface area contributed by atoms with Crippen LogP contribution < -0.4 is 0 Å². The van der Waals surface area contributed by atoms with Crippen LogP contribution in [-0.2, 0) is 14.2 Å². The van der Waals surface area contributed by atoms with Crippen LogP contribution in [0.1, 0.15) is 27.2 Å². The number of ether oxygens (including phenoxy) is 3. The molecule has 0 spiro atoms. The van der Waals surface area contributed by atoms with E-state index in [0.717, 1.165) is 19.5 Å². The molecule has 1 rings (SSSR count). The third-order valence-electron chi connectivity index (χ3n) is 3.20. The lowest BCUT2D eigenvalue weighted by Crippen LogP contribution is -2.50. The molecule has 1 N–H and O–H groups in total. The molecule has 0 amide bonds. The molecule has 0 bridgehead atoms. The highest BCUT2D eigenvalue weighted by Gasteiger charge is 2.26. The van der Waals surface area contributed by atoms with E-state index >= 15 is 0 Å². The Hall–Kier alpha value is -0.200. The Labute approximate surface area is 110 Å². The van der Waals surface area contributed by atoms with E-state index in [2.05, 4.69) is 11.8 Å². The molecule has 0 aromatic rings. The fourth-order valence-electron chi connectivity index (χ4n) is 2.15. The zero-order valence-corrected chi connectivity index (χ0v) is 11.8. The predicted molar refractivity (Wildman–Crippen MR) is 69.5 cm³/mol. The van der Waals surface area contributed by atoms with Crippen LogP contribution in [0.2, 0.25) is 0 Å². The minimum Gasteiger partial charge on any atom is -0.394 e. The molecule has 1 saturated heterocycles. The second-order valence-corrected chi connectivity index (χ2v) is 4.61. The van der Waals surface area contributed by atoms with Gasteiger partial charge in [-0.05, 0) is 20.8 Å². The minimum absolute atomic E-state index is 0.0566. The minimum atomic E-state index is -0.123. The Balaban J connectivity index is 2.34. The zero-order valence-electron chi connectivity index (χ0n) is 11.8. The molecule has 18 heavy (non-hydrogen) atoms. The van der Waals surface area contributed by atoms with Crippen molar-refractivity contribution in [1.29, 1.82) is 0 Å². The highest BCUT2D eigenvalue weighted by molar-refractivity contribution is 4.77. The number of aliphatic hydroxyl groups excluding tert-OH is 1. The second-order valence-electron chi connectivity index (χ2n) is 4.61. The maximum atomic E-state index is 9.14. The SMILES string of the molecule is CCOC(CCN1CC(CO)OCC1C)OCC. The van der Waals surface area contributed by atoms with Gasteiger partial charge in [-0.1, -0.05) is 0 Å². The van der Waals surface area contributed by atoms with Gasteiger partial charge in [-0.15, -0.1) is 0 Å². The standard InChI is InChI=1S/C13H27NO4/c1-4-16-13(17-5-2)6-7-14-8-12(9-15)18-10-11(14)3/h11-13,15H,4-10H2,1-3H3. The van der Waals surface area contributed by atoms with Gasteiger partial charge in [0.05, 0.1) is 19.3 Å². The number of aliphatic hydroxyl groups is 1. The first-order valence-electron chi connectivity index (χ1n) is 6.90. The summed E-state index contributed by atoms with van der Waals surface area (Å²) in [5.41, 5.74) is 0. The Morgan fingerprint density at radius 2 is 2.00 bits per heavy atom. The lowest BCUT2D eigenvalue weighted by molar-refractivity contribution is -0.147. The van der Waals surface area contributed by atoms with Crippen molar-refractivity contribution in [1.82, 2.24) is 4.90 Å². The topological polar surface area (TPSA) is 51.2 Å². The highest BCUT2D eigenvalue weighted by atomic mass is 16.7. The molecule has 1 aliphatic heterocycles. The number of hydrogen-bond donors (Lipinski definition) is 1. The summed E-state index contributed by atoms with van der Waals surface area (Å²) in [4.78, 5) is 2.33. The van der Waals surface area contributed by atoms with Crippen molar-refractivity contribution in [3.05, 3.63) is 0 Å². The summed E-state index contributed by atoms with van der Waals surface area (Å²) in [6, 6.07) is 0.386. The molecular formula is C13H27NO4. The molecule has 5 heteroatoms. The number of rotatable bonds is 8. The quantitative estimate of drug-likeness (QED) is 0.657. The summed E-state index contributed by atoms with van der Waals surface area (Å²) in [5.74, 6) is 0. The van der Waals surface area contributed by atoms with E-state index in [9.17, 15) is 0 Å². The molecule has 0 saturated carbocycles. The molecule has 0 aromatic heterocycles. The van der Waals surface area contributed by atoms with Crippen LogP contribution in [0.25, 0.3) is 0 Å². The molecule has 0 radical (unpaired) electrons. The van der Waals surface area contributed by atoms with E-state index in [-0.39, 0.29) is 19.0 Å². The van der Waals surface area contributed by atoms with Gasteiger partial charge in [0, 0.05) is 38.8 Å². The number of nitrogens with zero attached hydrogens (tertiary/aromatic N) is 1. The van der Waals surface area contributed by atoms with Gasteiger partial charge >= 0.3 is 0 Å². The van der Waals surface area contributed by atoms with Crippen molar-refractivity contribution < 1.29 is 19.3 Å². The van der Waals surface area contributed by atoms with Crippen LogP contribution in [-0.4, -0.2) is 68.0 Å². The molecule has 0 aliphatic carbocycles.